The van der Waals surface area contributed by atoms with Crippen molar-refractivity contribution in [2.45, 2.75) is 98.3 Å². The van der Waals surface area contributed by atoms with Gasteiger partial charge in [0.15, 0.2) is 0 Å². The highest BCUT2D eigenvalue weighted by Crippen LogP contribution is 2.18. The predicted octanol–water partition coefficient (Wildman–Crippen LogP) is 6.16. The Morgan fingerprint density at radius 1 is 0.789 bits per heavy atom. The number of Topliss-reactive ketones (excluding diaryl/α,β-unsaturated/α-hetero) is 1. The molecule has 0 saturated heterocycles. The maximum atomic E-state index is 11.7. The van der Waals surface area contributed by atoms with Crippen molar-refractivity contribution in [2.24, 2.45) is 11.8 Å². The van der Waals surface area contributed by atoms with Gasteiger partial charge in [0.05, 0.1) is 0 Å². The zero-order valence-electron chi connectivity index (χ0n) is 13.8. The van der Waals surface area contributed by atoms with E-state index in [0.717, 1.165) is 37.5 Å². The number of unbranched alkanes of at least 4 members (excludes halogenated alkanes) is 3. The lowest BCUT2D eigenvalue weighted by molar-refractivity contribution is -0.119. The third-order valence-corrected chi connectivity index (χ3v) is 3.94. The highest BCUT2D eigenvalue weighted by molar-refractivity contribution is 5.78. The van der Waals surface area contributed by atoms with Crippen molar-refractivity contribution in [1.82, 2.24) is 0 Å². The molecule has 0 aromatic carbocycles. The van der Waals surface area contributed by atoms with Crippen LogP contribution in [0.4, 0.5) is 0 Å². The summed E-state index contributed by atoms with van der Waals surface area (Å²) in [7, 11) is 0. The van der Waals surface area contributed by atoms with Gasteiger partial charge in [-0.15, -0.1) is 0 Å². The second-order valence-electron chi connectivity index (χ2n) is 6.67. The molecule has 0 N–H and O–H groups in total. The van der Waals surface area contributed by atoms with Crippen molar-refractivity contribution in [3.8, 4) is 0 Å². The highest BCUT2D eigenvalue weighted by Gasteiger charge is 2.06. The summed E-state index contributed by atoms with van der Waals surface area (Å²) in [5.74, 6) is 2.12. The molecule has 0 aliphatic heterocycles. The van der Waals surface area contributed by atoms with E-state index in [1.807, 2.05) is 0 Å². The molecule has 0 aromatic heterocycles. The Labute approximate surface area is 121 Å². The van der Waals surface area contributed by atoms with E-state index in [1.54, 1.807) is 0 Å². The summed E-state index contributed by atoms with van der Waals surface area (Å²) >= 11 is 0. The normalized spacial score (nSPS) is 12.9. The van der Waals surface area contributed by atoms with E-state index in [2.05, 4.69) is 27.7 Å². The fourth-order valence-corrected chi connectivity index (χ4v) is 2.54. The van der Waals surface area contributed by atoms with Gasteiger partial charge in [0, 0.05) is 12.8 Å². The smallest absolute Gasteiger partial charge is 0.132 e. The van der Waals surface area contributed by atoms with Gasteiger partial charge in [-0.3, -0.25) is 4.79 Å². The minimum absolute atomic E-state index is 0.491. The molecule has 0 heterocycles. The molecule has 0 rings (SSSR count). The van der Waals surface area contributed by atoms with Crippen LogP contribution in [0.5, 0.6) is 0 Å². The lowest BCUT2D eigenvalue weighted by Crippen LogP contribution is -2.01. The quantitative estimate of drug-likeness (QED) is 0.366. The molecule has 114 valence electrons. The average Bonchev–Trinajstić information content (AvgIpc) is 2.34. The SMILES string of the molecule is CCCCCCC(=O)CCC[C@@H](C)CCCC(C)C. The third-order valence-electron chi connectivity index (χ3n) is 3.94. The van der Waals surface area contributed by atoms with Crippen LogP contribution in [0.2, 0.25) is 0 Å². The minimum atomic E-state index is 0.491. The van der Waals surface area contributed by atoms with Crippen LogP contribution < -0.4 is 0 Å². The molecular weight excluding hydrogens is 232 g/mol. The first-order chi connectivity index (χ1) is 9.06. The number of carbonyl (C=O) groups is 1. The van der Waals surface area contributed by atoms with E-state index in [4.69, 9.17) is 0 Å². The number of carbonyl (C=O) groups excluding carboxylic acids is 1. The van der Waals surface area contributed by atoms with Crippen molar-refractivity contribution in [1.29, 1.82) is 0 Å². The second kappa shape index (κ2) is 12.7. The van der Waals surface area contributed by atoms with Gasteiger partial charge in [0.25, 0.3) is 0 Å². The Kier molecular flexibility index (Phi) is 12.5. The number of ketones is 1. The standard InChI is InChI=1S/C18H36O/c1-5-6-7-8-14-18(19)15-10-13-17(4)12-9-11-16(2)3/h16-17H,5-15H2,1-4H3/t17-/m0/s1. The van der Waals surface area contributed by atoms with Crippen LogP contribution in [0, 0.1) is 11.8 Å². The molecule has 1 nitrogen and oxygen atoms in total. The van der Waals surface area contributed by atoms with Crippen LogP contribution in [-0.4, -0.2) is 5.78 Å². The topological polar surface area (TPSA) is 17.1 Å². The van der Waals surface area contributed by atoms with Gasteiger partial charge >= 0.3 is 0 Å². The Balaban J connectivity index is 3.38. The molecule has 0 fully saturated rings. The maximum absolute atomic E-state index is 11.7. The van der Waals surface area contributed by atoms with Crippen molar-refractivity contribution < 1.29 is 4.79 Å². The Bertz CT molecular complexity index is 208. The number of rotatable bonds is 13. The molecule has 0 amide bonds. The van der Waals surface area contributed by atoms with E-state index in [0.29, 0.717) is 5.78 Å². The monoisotopic (exact) mass is 268 g/mol. The van der Waals surface area contributed by atoms with Gasteiger partial charge in [-0.2, -0.15) is 0 Å². The lowest BCUT2D eigenvalue weighted by Gasteiger charge is -2.11. The van der Waals surface area contributed by atoms with E-state index < -0.39 is 0 Å². The largest absolute Gasteiger partial charge is 0.300 e. The average molecular weight is 268 g/mol. The van der Waals surface area contributed by atoms with Crippen LogP contribution >= 0.6 is 0 Å². The third kappa shape index (κ3) is 13.9. The van der Waals surface area contributed by atoms with Gasteiger partial charge in [-0.1, -0.05) is 72.6 Å². The lowest BCUT2D eigenvalue weighted by atomic mass is 9.94. The summed E-state index contributed by atoms with van der Waals surface area (Å²) in [4.78, 5) is 11.7. The summed E-state index contributed by atoms with van der Waals surface area (Å²) in [6.45, 7) is 9.14. The van der Waals surface area contributed by atoms with Crippen molar-refractivity contribution in [3.63, 3.8) is 0 Å². The number of hydrogen-bond donors (Lipinski definition) is 0. The van der Waals surface area contributed by atoms with Crippen molar-refractivity contribution in [2.75, 3.05) is 0 Å². The first-order valence-electron chi connectivity index (χ1n) is 8.58. The van der Waals surface area contributed by atoms with Crippen LogP contribution in [0.3, 0.4) is 0 Å². The summed E-state index contributed by atoms with van der Waals surface area (Å²) in [6, 6.07) is 0. The van der Waals surface area contributed by atoms with Gasteiger partial charge in [-0.05, 0) is 24.7 Å². The van der Waals surface area contributed by atoms with Crippen LogP contribution in [-0.2, 0) is 4.79 Å². The molecular formula is C18H36O. The predicted molar refractivity (Wildman–Crippen MR) is 85.5 cm³/mol. The molecule has 0 saturated carbocycles. The molecule has 0 aromatic rings. The molecule has 0 aliphatic carbocycles. The molecule has 0 unspecified atom stereocenters. The molecule has 0 bridgehead atoms. The van der Waals surface area contributed by atoms with Gasteiger partial charge in [0.1, 0.15) is 5.78 Å². The Morgan fingerprint density at radius 2 is 1.42 bits per heavy atom. The minimum Gasteiger partial charge on any atom is -0.300 e. The van der Waals surface area contributed by atoms with E-state index >= 15 is 0 Å². The van der Waals surface area contributed by atoms with Crippen LogP contribution in [0.1, 0.15) is 98.3 Å². The van der Waals surface area contributed by atoms with E-state index in [9.17, 15) is 4.79 Å². The molecule has 0 aliphatic rings. The first kappa shape index (κ1) is 18.7. The zero-order valence-corrected chi connectivity index (χ0v) is 13.8. The van der Waals surface area contributed by atoms with E-state index in [-0.39, 0.29) is 0 Å². The van der Waals surface area contributed by atoms with Gasteiger partial charge < -0.3 is 0 Å². The van der Waals surface area contributed by atoms with E-state index in [1.165, 1.54) is 44.9 Å². The van der Waals surface area contributed by atoms with Crippen molar-refractivity contribution in [3.05, 3.63) is 0 Å². The zero-order chi connectivity index (χ0) is 14.5. The van der Waals surface area contributed by atoms with Gasteiger partial charge in [0.2, 0.25) is 0 Å². The highest BCUT2D eigenvalue weighted by atomic mass is 16.1. The summed E-state index contributed by atoms with van der Waals surface area (Å²) in [6.07, 6.45) is 12.9. The summed E-state index contributed by atoms with van der Waals surface area (Å²) < 4.78 is 0. The first-order valence-corrected chi connectivity index (χ1v) is 8.58. The van der Waals surface area contributed by atoms with Gasteiger partial charge in [-0.25, -0.2) is 0 Å². The molecule has 19 heavy (non-hydrogen) atoms. The van der Waals surface area contributed by atoms with Crippen LogP contribution in [0.15, 0.2) is 0 Å². The Morgan fingerprint density at radius 3 is 2.05 bits per heavy atom. The summed E-state index contributed by atoms with van der Waals surface area (Å²) in [5.41, 5.74) is 0. The van der Waals surface area contributed by atoms with Crippen molar-refractivity contribution >= 4 is 5.78 Å². The van der Waals surface area contributed by atoms with Crippen LogP contribution in [0.25, 0.3) is 0 Å². The molecule has 1 atom stereocenters. The molecule has 0 radical (unpaired) electrons. The number of hydrogen-bond acceptors (Lipinski definition) is 1. The Hall–Kier alpha value is -0.330. The second-order valence-corrected chi connectivity index (χ2v) is 6.67. The fourth-order valence-electron chi connectivity index (χ4n) is 2.54. The molecule has 0 spiro atoms. The summed E-state index contributed by atoms with van der Waals surface area (Å²) in [5, 5.41) is 0. The fraction of sp³-hybridized carbons (Fsp3) is 0.944. The molecule has 1 heteroatoms. The maximum Gasteiger partial charge on any atom is 0.132 e.